The summed E-state index contributed by atoms with van der Waals surface area (Å²) in [7, 11) is 0. The molecule has 0 aliphatic rings. The van der Waals surface area contributed by atoms with Crippen LogP contribution >= 0.6 is 0 Å². The monoisotopic (exact) mass is 408 g/mol. The highest BCUT2D eigenvalue weighted by molar-refractivity contribution is 5.86. The van der Waals surface area contributed by atoms with E-state index < -0.39 is 35.7 Å². The summed E-state index contributed by atoms with van der Waals surface area (Å²) in [5, 5.41) is 15.0. The van der Waals surface area contributed by atoms with E-state index in [1.54, 1.807) is 20.8 Å². The molecule has 0 aromatic heterocycles. The van der Waals surface area contributed by atoms with E-state index in [1.807, 2.05) is 30.3 Å². The van der Waals surface area contributed by atoms with Gasteiger partial charge in [-0.1, -0.05) is 30.3 Å². The number of nitrogens with one attached hydrogen (secondary N) is 2. The van der Waals surface area contributed by atoms with Crippen molar-refractivity contribution >= 4 is 18.0 Å². The van der Waals surface area contributed by atoms with Crippen molar-refractivity contribution in [3.8, 4) is 0 Å². The molecule has 1 aromatic carbocycles. The molecule has 0 bridgehead atoms. The molecule has 0 saturated heterocycles. The molecule has 162 valence electrons. The number of esters is 1. The van der Waals surface area contributed by atoms with Crippen molar-refractivity contribution < 1.29 is 29.0 Å². The fourth-order valence-corrected chi connectivity index (χ4v) is 2.32. The molecule has 0 aliphatic heterocycles. The smallest absolute Gasteiger partial charge is 0.407 e. The van der Waals surface area contributed by atoms with Crippen molar-refractivity contribution in [2.24, 2.45) is 0 Å². The molecule has 0 aliphatic carbocycles. The number of aliphatic hydroxyl groups excluding tert-OH is 1. The van der Waals surface area contributed by atoms with E-state index in [0.717, 1.165) is 5.56 Å². The first kappa shape index (κ1) is 24.4. The number of amides is 2. The minimum atomic E-state index is -1.24. The van der Waals surface area contributed by atoms with E-state index in [2.05, 4.69) is 10.6 Å². The molecule has 2 amide bonds. The summed E-state index contributed by atoms with van der Waals surface area (Å²) in [5.74, 6) is -1.20. The standard InChI is InChI=1S/C21H32N2O6/c1-15(19(26)28-14-16-10-6-5-7-11-16)23-18(25)17(24)12-8-9-13-22-20(27)29-21(2,3)4/h5-7,10-11,15,17,24H,8-9,12-14H2,1-4H3,(H,22,27)(H,23,25)/t15-,17+/m1/s1. The summed E-state index contributed by atoms with van der Waals surface area (Å²) in [4.78, 5) is 35.5. The quantitative estimate of drug-likeness (QED) is 0.404. The molecule has 3 N–H and O–H groups in total. The van der Waals surface area contributed by atoms with Gasteiger partial charge in [0.15, 0.2) is 0 Å². The number of hydrogen-bond donors (Lipinski definition) is 3. The number of unbranched alkanes of at least 4 members (excludes halogenated alkanes) is 1. The SMILES string of the molecule is C[C@@H](NC(=O)[C@@H](O)CCCCNC(=O)OC(C)(C)C)C(=O)OCc1ccccc1. The lowest BCUT2D eigenvalue weighted by molar-refractivity contribution is -0.149. The molecule has 1 rings (SSSR count). The van der Waals surface area contributed by atoms with Crippen LogP contribution in [0.2, 0.25) is 0 Å². The number of ether oxygens (including phenoxy) is 2. The molecule has 1 aromatic rings. The maximum absolute atomic E-state index is 12.0. The first-order valence-electron chi connectivity index (χ1n) is 9.74. The van der Waals surface area contributed by atoms with Gasteiger partial charge in [0.2, 0.25) is 5.91 Å². The first-order chi connectivity index (χ1) is 13.6. The van der Waals surface area contributed by atoms with Gasteiger partial charge < -0.3 is 25.2 Å². The Hall–Kier alpha value is -2.61. The molecule has 29 heavy (non-hydrogen) atoms. The van der Waals surface area contributed by atoms with Crippen LogP contribution in [0.4, 0.5) is 4.79 Å². The van der Waals surface area contributed by atoms with Gasteiger partial charge in [-0.05, 0) is 52.5 Å². The topological polar surface area (TPSA) is 114 Å². The van der Waals surface area contributed by atoms with Crippen LogP contribution in [0.1, 0.15) is 52.5 Å². The molecule has 8 nitrogen and oxygen atoms in total. The summed E-state index contributed by atoms with van der Waals surface area (Å²) in [6.45, 7) is 7.33. The maximum Gasteiger partial charge on any atom is 0.407 e. The second-order valence-corrected chi connectivity index (χ2v) is 7.76. The molecular formula is C21H32N2O6. The van der Waals surface area contributed by atoms with Gasteiger partial charge in [-0.15, -0.1) is 0 Å². The summed E-state index contributed by atoms with van der Waals surface area (Å²) in [6, 6.07) is 8.34. The van der Waals surface area contributed by atoms with E-state index in [1.165, 1.54) is 6.92 Å². The number of hydrogen-bond acceptors (Lipinski definition) is 6. The Morgan fingerprint density at radius 3 is 2.38 bits per heavy atom. The van der Waals surface area contributed by atoms with Gasteiger partial charge in [0.05, 0.1) is 0 Å². The third-order valence-corrected chi connectivity index (χ3v) is 3.81. The van der Waals surface area contributed by atoms with E-state index in [4.69, 9.17) is 9.47 Å². The molecule has 8 heteroatoms. The molecule has 0 heterocycles. The number of rotatable bonds is 10. The van der Waals surface area contributed by atoms with Crippen LogP contribution in [-0.2, 0) is 25.7 Å². The molecule has 0 radical (unpaired) electrons. The average molecular weight is 408 g/mol. The van der Waals surface area contributed by atoms with E-state index in [-0.39, 0.29) is 13.0 Å². The molecule has 2 atom stereocenters. The van der Waals surface area contributed by atoms with E-state index in [9.17, 15) is 19.5 Å². The molecule has 0 spiro atoms. The second-order valence-electron chi connectivity index (χ2n) is 7.76. The Bertz CT molecular complexity index is 657. The zero-order chi connectivity index (χ0) is 21.9. The Morgan fingerprint density at radius 1 is 1.10 bits per heavy atom. The highest BCUT2D eigenvalue weighted by Crippen LogP contribution is 2.07. The summed E-state index contributed by atoms with van der Waals surface area (Å²) >= 11 is 0. The first-order valence-corrected chi connectivity index (χ1v) is 9.74. The van der Waals surface area contributed by atoms with Crippen molar-refractivity contribution in [3.05, 3.63) is 35.9 Å². The Kier molecular flexibility index (Phi) is 10.2. The van der Waals surface area contributed by atoms with Crippen molar-refractivity contribution in [3.63, 3.8) is 0 Å². The van der Waals surface area contributed by atoms with Gasteiger partial charge in [0, 0.05) is 6.54 Å². The second kappa shape index (κ2) is 12.1. The molecule has 0 saturated carbocycles. The van der Waals surface area contributed by atoms with Crippen LogP contribution < -0.4 is 10.6 Å². The predicted octanol–water partition coefficient (Wildman–Crippen LogP) is 2.29. The largest absolute Gasteiger partial charge is 0.459 e. The third kappa shape index (κ3) is 11.1. The van der Waals surface area contributed by atoms with Crippen molar-refractivity contribution in [2.75, 3.05) is 6.54 Å². The molecule has 0 fully saturated rings. The van der Waals surface area contributed by atoms with Gasteiger partial charge in [0.25, 0.3) is 0 Å². The van der Waals surface area contributed by atoms with Gasteiger partial charge >= 0.3 is 12.1 Å². The van der Waals surface area contributed by atoms with Gasteiger partial charge in [-0.3, -0.25) is 4.79 Å². The van der Waals surface area contributed by atoms with Crippen LogP contribution in [0.15, 0.2) is 30.3 Å². The number of carbonyl (C=O) groups excluding carboxylic acids is 3. The summed E-state index contributed by atoms with van der Waals surface area (Å²) in [5.41, 5.74) is 0.288. The zero-order valence-electron chi connectivity index (χ0n) is 17.6. The average Bonchev–Trinajstić information content (AvgIpc) is 2.64. The van der Waals surface area contributed by atoms with Gasteiger partial charge in [-0.25, -0.2) is 9.59 Å². The summed E-state index contributed by atoms with van der Waals surface area (Å²) in [6.07, 6.45) is -0.414. The predicted molar refractivity (Wildman–Crippen MR) is 108 cm³/mol. The highest BCUT2D eigenvalue weighted by Gasteiger charge is 2.22. The molecule has 0 unspecified atom stereocenters. The van der Waals surface area contributed by atoms with Crippen LogP contribution in [0.3, 0.4) is 0 Å². The van der Waals surface area contributed by atoms with Crippen molar-refractivity contribution in [1.29, 1.82) is 0 Å². The third-order valence-electron chi connectivity index (χ3n) is 3.81. The number of benzene rings is 1. The van der Waals surface area contributed by atoms with Gasteiger partial charge in [0.1, 0.15) is 24.4 Å². The minimum Gasteiger partial charge on any atom is -0.459 e. The minimum absolute atomic E-state index is 0.118. The van der Waals surface area contributed by atoms with E-state index >= 15 is 0 Å². The van der Waals surface area contributed by atoms with Crippen LogP contribution in [-0.4, -0.2) is 47.4 Å². The Labute approximate surface area is 172 Å². The number of carbonyl (C=O) groups is 3. The number of aliphatic hydroxyl groups is 1. The fourth-order valence-electron chi connectivity index (χ4n) is 2.32. The Balaban J connectivity index is 2.20. The highest BCUT2D eigenvalue weighted by atomic mass is 16.6. The van der Waals surface area contributed by atoms with E-state index in [0.29, 0.717) is 19.4 Å². The lowest BCUT2D eigenvalue weighted by atomic mass is 10.1. The lowest BCUT2D eigenvalue weighted by Gasteiger charge is -2.19. The normalized spacial score (nSPS) is 13.1. The zero-order valence-corrected chi connectivity index (χ0v) is 17.6. The number of alkyl carbamates (subject to hydrolysis) is 1. The lowest BCUT2D eigenvalue weighted by Crippen LogP contribution is -2.44. The Morgan fingerprint density at radius 2 is 1.76 bits per heavy atom. The van der Waals surface area contributed by atoms with Crippen molar-refractivity contribution in [2.45, 2.75) is 71.3 Å². The van der Waals surface area contributed by atoms with Crippen LogP contribution in [0.25, 0.3) is 0 Å². The van der Waals surface area contributed by atoms with Gasteiger partial charge in [-0.2, -0.15) is 0 Å². The van der Waals surface area contributed by atoms with Crippen LogP contribution in [0.5, 0.6) is 0 Å². The summed E-state index contributed by atoms with van der Waals surface area (Å²) < 4.78 is 10.3. The van der Waals surface area contributed by atoms with Crippen molar-refractivity contribution in [1.82, 2.24) is 10.6 Å². The molecular weight excluding hydrogens is 376 g/mol. The maximum atomic E-state index is 12.0. The van der Waals surface area contributed by atoms with Crippen LogP contribution in [0, 0.1) is 0 Å². The fraction of sp³-hybridized carbons (Fsp3) is 0.571.